The molecule has 0 aliphatic rings. The number of rotatable bonds is 11. The molecule has 0 unspecified atom stereocenters. The van der Waals surface area contributed by atoms with Crippen LogP contribution < -0.4 is 19.5 Å². The van der Waals surface area contributed by atoms with E-state index in [-0.39, 0.29) is 5.91 Å². The molecule has 0 radical (unpaired) electrons. The number of hydrogen-bond acceptors (Lipinski definition) is 5. The van der Waals surface area contributed by atoms with Gasteiger partial charge in [-0.1, -0.05) is 19.1 Å². The molecule has 3 rings (SSSR count). The molecule has 0 saturated heterocycles. The largest absolute Gasteiger partial charge is 0.497 e. The predicted molar refractivity (Wildman–Crippen MR) is 124 cm³/mol. The summed E-state index contributed by atoms with van der Waals surface area (Å²) in [5.74, 6) is 2.61. The zero-order valence-electron chi connectivity index (χ0n) is 18.8. The first kappa shape index (κ1) is 22.9. The fourth-order valence-corrected chi connectivity index (χ4v) is 3.31. The van der Waals surface area contributed by atoms with Gasteiger partial charge in [0, 0.05) is 24.6 Å². The van der Waals surface area contributed by atoms with Crippen LogP contribution in [0.15, 0.2) is 61.2 Å². The second-order valence-corrected chi connectivity index (χ2v) is 7.07. The Labute approximate surface area is 188 Å². The Hall–Kier alpha value is -3.74. The fourth-order valence-electron chi connectivity index (χ4n) is 3.31. The van der Waals surface area contributed by atoms with Crippen molar-refractivity contribution in [1.82, 2.24) is 15.1 Å². The van der Waals surface area contributed by atoms with Crippen LogP contribution in [-0.4, -0.2) is 36.5 Å². The Morgan fingerprint density at radius 2 is 1.81 bits per heavy atom. The van der Waals surface area contributed by atoms with Crippen LogP contribution in [-0.2, 0) is 17.6 Å². The van der Waals surface area contributed by atoms with Crippen molar-refractivity contribution >= 4 is 5.91 Å². The molecule has 0 bridgehead atoms. The minimum absolute atomic E-state index is 0.0449. The van der Waals surface area contributed by atoms with E-state index in [1.54, 1.807) is 25.0 Å². The van der Waals surface area contributed by atoms with E-state index in [0.717, 1.165) is 22.7 Å². The Kier molecular flexibility index (Phi) is 7.91. The van der Waals surface area contributed by atoms with Crippen LogP contribution in [0.2, 0.25) is 0 Å². The van der Waals surface area contributed by atoms with E-state index in [4.69, 9.17) is 19.3 Å². The van der Waals surface area contributed by atoms with E-state index in [1.807, 2.05) is 55.5 Å². The molecule has 168 valence electrons. The highest BCUT2D eigenvalue weighted by Crippen LogP contribution is 2.33. The minimum Gasteiger partial charge on any atom is -0.497 e. The second-order valence-electron chi connectivity index (χ2n) is 7.07. The number of carbonyl (C=O) groups is 1. The maximum Gasteiger partial charge on any atom is 0.226 e. The molecular formula is C25H29N3O4. The molecule has 1 heterocycles. The van der Waals surface area contributed by atoms with Crippen LogP contribution in [0.4, 0.5) is 0 Å². The number of aryl methyl sites for hydroxylation is 1. The monoisotopic (exact) mass is 435 g/mol. The van der Waals surface area contributed by atoms with Gasteiger partial charge in [-0.2, -0.15) is 5.10 Å². The van der Waals surface area contributed by atoms with E-state index in [0.29, 0.717) is 43.2 Å². The molecule has 1 aromatic heterocycles. The first-order valence-corrected chi connectivity index (χ1v) is 10.5. The lowest BCUT2D eigenvalue weighted by Gasteiger charge is -2.12. The molecule has 0 spiro atoms. The predicted octanol–water partition coefficient (Wildman–Crippen LogP) is 4.48. The average Bonchev–Trinajstić information content (AvgIpc) is 3.18. The topological polar surface area (TPSA) is 74.6 Å². The van der Waals surface area contributed by atoms with Gasteiger partial charge >= 0.3 is 0 Å². The Morgan fingerprint density at radius 1 is 1.09 bits per heavy atom. The van der Waals surface area contributed by atoms with Crippen molar-refractivity contribution in [1.29, 1.82) is 0 Å². The quantitative estimate of drug-likeness (QED) is 0.450. The summed E-state index contributed by atoms with van der Waals surface area (Å²) in [7, 11) is 3.24. The molecule has 7 nitrogen and oxygen atoms in total. The fraction of sp³-hybridized carbons (Fsp3) is 0.280. The summed E-state index contributed by atoms with van der Waals surface area (Å²) in [6, 6.07) is 15.0. The lowest BCUT2D eigenvalue weighted by atomic mass is 10.1. The van der Waals surface area contributed by atoms with Crippen molar-refractivity contribution in [2.75, 3.05) is 20.8 Å². The van der Waals surface area contributed by atoms with E-state index in [2.05, 4.69) is 11.9 Å². The molecule has 0 saturated carbocycles. The van der Waals surface area contributed by atoms with Crippen LogP contribution in [0.25, 0.3) is 5.69 Å². The number of nitrogens with one attached hydrogen (secondary N) is 1. The normalized spacial score (nSPS) is 10.5. The molecule has 7 heteroatoms. The van der Waals surface area contributed by atoms with Crippen LogP contribution in [0.5, 0.6) is 23.1 Å². The molecule has 0 atom stereocenters. The van der Waals surface area contributed by atoms with Crippen molar-refractivity contribution in [3.63, 3.8) is 0 Å². The molecule has 0 aliphatic heterocycles. The SMILES string of the molecule is C=CCNC(=O)CCc1c(CC)nn(-c2ccc(OC)cc2)c1Oc1cccc(OC)c1. The molecule has 1 amide bonds. The highest BCUT2D eigenvalue weighted by atomic mass is 16.5. The summed E-state index contributed by atoms with van der Waals surface area (Å²) < 4.78 is 18.7. The van der Waals surface area contributed by atoms with Gasteiger partial charge in [0.15, 0.2) is 0 Å². The number of carbonyl (C=O) groups excluding carboxylic acids is 1. The Balaban J connectivity index is 2.01. The molecule has 3 aromatic rings. The van der Waals surface area contributed by atoms with Gasteiger partial charge in [0.1, 0.15) is 17.2 Å². The van der Waals surface area contributed by atoms with Gasteiger partial charge in [-0.3, -0.25) is 4.79 Å². The lowest BCUT2D eigenvalue weighted by molar-refractivity contribution is -0.120. The zero-order valence-corrected chi connectivity index (χ0v) is 18.8. The molecule has 0 fully saturated rings. The highest BCUT2D eigenvalue weighted by Gasteiger charge is 2.21. The summed E-state index contributed by atoms with van der Waals surface area (Å²) in [6.07, 6.45) is 3.20. The summed E-state index contributed by atoms with van der Waals surface area (Å²) >= 11 is 0. The van der Waals surface area contributed by atoms with Gasteiger partial charge in [0.2, 0.25) is 11.8 Å². The zero-order chi connectivity index (χ0) is 22.9. The van der Waals surface area contributed by atoms with Crippen LogP contribution in [0, 0.1) is 0 Å². The lowest BCUT2D eigenvalue weighted by Crippen LogP contribution is -2.23. The first-order valence-electron chi connectivity index (χ1n) is 10.5. The highest BCUT2D eigenvalue weighted by molar-refractivity contribution is 5.76. The van der Waals surface area contributed by atoms with Crippen LogP contribution in [0.1, 0.15) is 24.6 Å². The van der Waals surface area contributed by atoms with Crippen LogP contribution >= 0.6 is 0 Å². The molecule has 2 aromatic carbocycles. The number of amides is 1. The number of aromatic nitrogens is 2. The van der Waals surface area contributed by atoms with Crippen molar-refractivity contribution in [2.45, 2.75) is 26.2 Å². The van der Waals surface area contributed by atoms with E-state index in [9.17, 15) is 4.79 Å². The third-order valence-corrected chi connectivity index (χ3v) is 4.97. The summed E-state index contributed by atoms with van der Waals surface area (Å²) in [6.45, 7) is 6.12. The maximum atomic E-state index is 12.2. The standard InChI is InChI=1S/C25H29N3O4/c1-5-16-26-24(29)15-14-22-23(6-2)27-28(18-10-12-19(30-3)13-11-18)25(22)32-21-9-7-8-20(17-21)31-4/h5,7-13,17H,1,6,14-16H2,2-4H3,(H,26,29). The van der Waals surface area contributed by atoms with Crippen molar-refractivity contribution in [3.05, 3.63) is 72.4 Å². The average molecular weight is 436 g/mol. The third kappa shape index (κ3) is 5.49. The van der Waals surface area contributed by atoms with Crippen LogP contribution in [0.3, 0.4) is 0 Å². The van der Waals surface area contributed by atoms with Gasteiger partial charge in [0.05, 0.1) is 25.6 Å². The number of nitrogens with zero attached hydrogens (tertiary/aromatic N) is 2. The summed E-state index contributed by atoms with van der Waals surface area (Å²) in [5, 5.41) is 7.62. The van der Waals surface area contributed by atoms with Gasteiger partial charge in [0.25, 0.3) is 0 Å². The number of hydrogen-bond donors (Lipinski definition) is 1. The molecule has 1 N–H and O–H groups in total. The Bertz CT molecular complexity index is 1060. The number of methoxy groups -OCH3 is 2. The smallest absolute Gasteiger partial charge is 0.226 e. The second kappa shape index (κ2) is 11.0. The molecular weight excluding hydrogens is 406 g/mol. The third-order valence-electron chi connectivity index (χ3n) is 4.97. The minimum atomic E-state index is -0.0449. The molecule has 0 aliphatic carbocycles. The van der Waals surface area contributed by atoms with E-state index >= 15 is 0 Å². The Morgan fingerprint density at radius 3 is 2.47 bits per heavy atom. The summed E-state index contributed by atoms with van der Waals surface area (Å²) in [5.41, 5.74) is 2.62. The van der Waals surface area contributed by atoms with Gasteiger partial charge in [-0.15, -0.1) is 6.58 Å². The van der Waals surface area contributed by atoms with E-state index < -0.39 is 0 Å². The number of ether oxygens (including phenoxy) is 3. The van der Waals surface area contributed by atoms with Gasteiger partial charge in [-0.05, 0) is 49.2 Å². The number of benzene rings is 2. The molecule has 32 heavy (non-hydrogen) atoms. The van der Waals surface area contributed by atoms with E-state index in [1.165, 1.54) is 0 Å². The van der Waals surface area contributed by atoms with Crippen molar-refractivity contribution in [2.24, 2.45) is 0 Å². The summed E-state index contributed by atoms with van der Waals surface area (Å²) in [4.78, 5) is 12.2. The van der Waals surface area contributed by atoms with Gasteiger partial charge in [-0.25, -0.2) is 4.68 Å². The van der Waals surface area contributed by atoms with Crippen molar-refractivity contribution in [3.8, 4) is 28.8 Å². The first-order chi connectivity index (χ1) is 15.6. The van der Waals surface area contributed by atoms with Gasteiger partial charge < -0.3 is 19.5 Å². The van der Waals surface area contributed by atoms with Crippen molar-refractivity contribution < 1.29 is 19.0 Å². The maximum absolute atomic E-state index is 12.2.